The molecule has 2 aromatic rings. The Kier molecular flexibility index (Phi) is 0.521. The maximum atomic E-state index is 4.79. The van der Waals surface area contributed by atoms with Gasteiger partial charge in [0.2, 0.25) is 0 Å². The zero-order valence-corrected chi connectivity index (χ0v) is 4.01. The van der Waals surface area contributed by atoms with Crippen molar-refractivity contribution in [1.82, 2.24) is 9.97 Å². The molecular weight excluding hydrogens is 104 g/mol. The second kappa shape index (κ2) is 1.12. The summed E-state index contributed by atoms with van der Waals surface area (Å²) < 4.78 is 4.79. The third kappa shape index (κ3) is 0.307. The molecule has 39 valence electrons. The molecule has 0 fully saturated rings. The van der Waals surface area contributed by atoms with Gasteiger partial charge in [0.15, 0.2) is 5.58 Å². The number of aromatic nitrogens is 2. The van der Waals surface area contributed by atoms with Gasteiger partial charge < -0.3 is 9.40 Å². The Bertz CT molecular complexity index is 232. The van der Waals surface area contributed by atoms with Gasteiger partial charge >= 0.3 is 0 Å². The van der Waals surface area contributed by atoms with E-state index in [4.69, 9.17) is 4.42 Å². The molecular formula is C5H3N2O. The first-order chi connectivity index (χ1) is 3.97. The van der Waals surface area contributed by atoms with Gasteiger partial charge in [-0.15, -0.1) is 0 Å². The lowest BCUT2D eigenvalue weighted by molar-refractivity contribution is 0.590. The van der Waals surface area contributed by atoms with Crippen molar-refractivity contribution in [1.29, 1.82) is 0 Å². The van der Waals surface area contributed by atoms with Crippen LogP contribution in [-0.2, 0) is 0 Å². The van der Waals surface area contributed by atoms with Gasteiger partial charge in [0.05, 0.1) is 0 Å². The number of rotatable bonds is 0. The number of H-pyrrole nitrogens is 1. The van der Waals surface area contributed by atoms with E-state index in [1.165, 1.54) is 0 Å². The van der Waals surface area contributed by atoms with Crippen LogP contribution in [-0.4, -0.2) is 9.97 Å². The molecule has 3 heteroatoms. The molecule has 0 saturated heterocycles. The van der Waals surface area contributed by atoms with Gasteiger partial charge in [-0.2, -0.15) is 0 Å². The second-order valence-electron chi connectivity index (χ2n) is 1.51. The lowest BCUT2D eigenvalue weighted by Crippen LogP contribution is -1.53. The SMILES string of the molecule is [c]1nc2c[nH]cc2o1. The molecule has 0 amide bonds. The fourth-order valence-electron chi connectivity index (χ4n) is 0.632. The molecule has 0 aliphatic rings. The Morgan fingerprint density at radius 1 is 1.62 bits per heavy atom. The first-order valence-electron chi connectivity index (χ1n) is 2.26. The number of hydrogen-bond acceptors (Lipinski definition) is 2. The topological polar surface area (TPSA) is 41.8 Å². The molecule has 2 aromatic heterocycles. The lowest BCUT2D eigenvalue weighted by Gasteiger charge is -1.61. The summed E-state index contributed by atoms with van der Waals surface area (Å²) >= 11 is 0. The minimum atomic E-state index is 0.755. The Morgan fingerprint density at radius 2 is 2.62 bits per heavy atom. The van der Waals surface area contributed by atoms with Crippen LogP contribution in [0.2, 0.25) is 0 Å². The quantitative estimate of drug-likeness (QED) is 0.544. The van der Waals surface area contributed by atoms with E-state index in [1.807, 2.05) is 0 Å². The highest BCUT2D eigenvalue weighted by atomic mass is 16.3. The average Bonchev–Trinajstić information content (AvgIpc) is 2.15. The third-order valence-corrected chi connectivity index (χ3v) is 1.01. The summed E-state index contributed by atoms with van der Waals surface area (Å²) in [6.07, 6.45) is 5.87. The minimum Gasteiger partial charge on any atom is -0.431 e. The summed E-state index contributed by atoms with van der Waals surface area (Å²) in [5, 5.41) is 0. The average molecular weight is 107 g/mol. The highest BCUT2D eigenvalue weighted by Crippen LogP contribution is 2.07. The van der Waals surface area contributed by atoms with Crippen molar-refractivity contribution in [2.24, 2.45) is 0 Å². The molecule has 2 rings (SSSR count). The van der Waals surface area contributed by atoms with Crippen molar-refractivity contribution in [3.63, 3.8) is 0 Å². The summed E-state index contributed by atoms with van der Waals surface area (Å²) in [7, 11) is 0. The molecule has 2 heterocycles. The van der Waals surface area contributed by atoms with E-state index < -0.39 is 0 Å². The summed E-state index contributed by atoms with van der Waals surface area (Å²) in [6.45, 7) is 0. The van der Waals surface area contributed by atoms with Crippen LogP contribution >= 0.6 is 0 Å². The highest BCUT2D eigenvalue weighted by molar-refractivity contribution is 5.70. The van der Waals surface area contributed by atoms with Crippen LogP contribution in [0.15, 0.2) is 16.8 Å². The van der Waals surface area contributed by atoms with E-state index in [-0.39, 0.29) is 0 Å². The van der Waals surface area contributed by atoms with E-state index in [2.05, 4.69) is 16.4 Å². The lowest BCUT2D eigenvalue weighted by atomic mass is 10.6. The molecule has 8 heavy (non-hydrogen) atoms. The number of aromatic amines is 1. The number of nitrogens with one attached hydrogen (secondary N) is 1. The summed E-state index contributed by atoms with van der Waals surface area (Å²) in [5.74, 6) is 0. The summed E-state index contributed by atoms with van der Waals surface area (Å²) in [5.41, 5.74) is 1.58. The molecule has 1 radical (unpaired) electrons. The van der Waals surface area contributed by atoms with Gasteiger partial charge in [-0.05, 0) is 0 Å². The van der Waals surface area contributed by atoms with Gasteiger partial charge in [-0.25, -0.2) is 4.98 Å². The number of hydrogen-bond donors (Lipinski definition) is 1. The standard InChI is InChI=1S/C5H3N2O/c1-4-5(2-6-1)8-3-7-4/h1-2,6H. The molecule has 1 N–H and O–H groups in total. The predicted octanol–water partition coefficient (Wildman–Crippen LogP) is 0.956. The number of oxazole rings is 1. The molecule has 0 bridgehead atoms. The fourth-order valence-corrected chi connectivity index (χ4v) is 0.632. The Morgan fingerprint density at radius 3 is 3.50 bits per heavy atom. The third-order valence-electron chi connectivity index (χ3n) is 1.01. The van der Waals surface area contributed by atoms with Crippen molar-refractivity contribution in [3.05, 3.63) is 18.8 Å². The zero-order chi connectivity index (χ0) is 5.40. The first-order valence-corrected chi connectivity index (χ1v) is 2.26. The predicted molar refractivity (Wildman–Crippen MR) is 27.2 cm³/mol. The molecule has 0 saturated carbocycles. The first kappa shape index (κ1) is 3.72. The van der Waals surface area contributed by atoms with Crippen LogP contribution in [0.25, 0.3) is 11.1 Å². The van der Waals surface area contributed by atoms with E-state index in [0.29, 0.717) is 0 Å². The van der Waals surface area contributed by atoms with Crippen molar-refractivity contribution >= 4 is 11.1 Å². The van der Waals surface area contributed by atoms with E-state index >= 15 is 0 Å². The monoisotopic (exact) mass is 107 g/mol. The van der Waals surface area contributed by atoms with Crippen LogP contribution in [0.1, 0.15) is 0 Å². The maximum absolute atomic E-state index is 4.79. The van der Waals surface area contributed by atoms with E-state index in [0.717, 1.165) is 11.1 Å². The van der Waals surface area contributed by atoms with Gasteiger partial charge in [0.1, 0.15) is 5.52 Å². The van der Waals surface area contributed by atoms with Crippen molar-refractivity contribution < 1.29 is 4.42 Å². The smallest absolute Gasteiger partial charge is 0.284 e. The highest BCUT2D eigenvalue weighted by Gasteiger charge is 1.94. The van der Waals surface area contributed by atoms with Gasteiger partial charge in [0, 0.05) is 12.4 Å². The summed E-state index contributed by atoms with van der Waals surface area (Å²) in [4.78, 5) is 6.60. The fraction of sp³-hybridized carbons (Fsp3) is 0. The molecule has 0 aromatic carbocycles. The van der Waals surface area contributed by atoms with Crippen LogP contribution in [0.4, 0.5) is 0 Å². The van der Waals surface area contributed by atoms with E-state index in [9.17, 15) is 0 Å². The number of fused-ring (bicyclic) bond motifs is 1. The zero-order valence-electron chi connectivity index (χ0n) is 4.01. The van der Waals surface area contributed by atoms with Crippen LogP contribution < -0.4 is 0 Å². The normalized spacial score (nSPS) is 10.5. The van der Waals surface area contributed by atoms with Gasteiger partial charge in [-0.1, -0.05) is 0 Å². The molecule has 0 atom stereocenters. The molecule has 0 aliphatic heterocycles. The molecule has 0 spiro atoms. The number of nitrogens with zero attached hydrogens (tertiary/aromatic N) is 1. The molecule has 3 nitrogen and oxygen atoms in total. The van der Waals surface area contributed by atoms with Gasteiger partial charge in [0.25, 0.3) is 6.39 Å². The molecule has 0 aliphatic carbocycles. The van der Waals surface area contributed by atoms with Crippen molar-refractivity contribution in [2.45, 2.75) is 0 Å². The van der Waals surface area contributed by atoms with E-state index in [1.54, 1.807) is 12.4 Å². The van der Waals surface area contributed by atoms with Crippen molar-refractivity contribution in [2.75, 3.05) is 0 Å². The van der Waals surface area contributed by atoms with Gasteiger partial charge in [-0.3, -0.25) is 0 Å². The Hall–Kier alpha value is -1.25. The van der Waals surface area contributed by atoms with Crippen molar-refractivity contribution in [3.8, 4) is 0 Å². The minimum absolute atomic E-state index is 0.755. The van der Waals surface area contributed by atoms with Crippen LogP contribution in [0, 0.1) is 6.39 Å². The van der Waals surface area contributed by atoms with Crippen LogP contribution in [0.5, 0.6) is 0 Å². The summed E-state index contributed by atoms with van der Waals surface area (Å²) in [6, 6.07) is 0. The largest absolute Gasteiger partial charge is 0.431 e. The Balaban J connectivity index is 3.06. The second-order valence-corrected chi connectivity index (χ2v) is 1.51. The van der Waals surface area contributed by atoms with Crippen LogP contribution in [0.3, 0.4) is 0 Å². The maximum Gasteiger partial charge on any atom is 0.284 e. The molecule has 0 unspecified atom stereocenters. The Labute approximate surface area is 45.3 Å².